The van der Waals surface area contributed by atoms with E-state index < -0.39 is 23.8 Å². The maximum Gasteiger partial charge on any atom is 0.338 e. The summed E-state index contributed by atoms with van der Waals surface area (Å²) in [5, 5.41) is 12.4. The van der Waals surface area contributed by atoms with Crippen LogP contribution in [0.3, 0.4) is 0 Å². The van der Waals surface area contributed by atoms with Crippen LogP contribution in [0.2, 0.25) is 0 Å². The van der Waals surface area contributed by atoms with E-state index in [-0.39, 0.29) is 35.6 Å². The Balaban J connectivity index is 2.83. The summed E-state index contributed by atoms with van der Waals surface area (Å²) in [7, 11) is 1.23. The van der Waals surface area contributed by atoms with Crippen molar-refractivity contribution in [2.45, 2.75) is 26.7 Å². The maximum absolute atomic E-state index is 12.8. The van der Waals surface area contributed by atoms with Gasteiger partial charge in [-0.3, -0.25) is 0 Å². The Morgan fingerprint density at radius 2 is 1.62 bits per heavy atom. The Morgan fingerprint density at radius 3 is 2.17 bits per heavy atom. The summed E-state index contributed by atoms with van der Waals surface area (Å²) in [5.41, 5.74) is 0.829. The van der Waals surface area contributed by atoms with Gasteiger partial charge in [0.1, 0.15) is 11.8 Å². The van der Waals surface area contributed by atoms with Crippen molar-refractivity contribution in [3.8, 4) is 6.07 Å². The lowest BCUT2D eigenvalue weighted by Crippen LogP contribution is -2.33. The molecule has 1 N–H and O–H groups in total. The number of benzene rings is 1. The topological polar surface area (TPSA) is 115 Å². The first-order valence-corrected chi connectivity index (χ1v) is 9.04. The molecule has 152 valence electrons. The minimum atomic E-state index is -1.04. The van der Waals surface area contributed by atoms with Crippen molar-refractivity contribution in [3.63, 3.8) is 0 Å². The Morgan fingerprint density at radius 1 is 1.03 bits per heavy atom. The summed E-state index contributed by atoms with van der Waals surface area (Å²) >= 11 is 0. The number of carbonyl (C=O) groups excluding carboxylic acids is 3. The molecule has 1 aromatic carbocycles. The average molecular weight is 398 g/mol. The van der Waals surface area contributed by atoms with Crippen molar-refractivity contribution in [1.29, 1.82) is 5.26 Å². The van der Waals surface area contributed by atoms with Gasteiger partial charge in [-0.2, -0.15) is 5.26 Å². The molecule has 0 saturated heterocycles. The van der Waals surface area contributed by atoms with Gasteiger partial charge in [0, 0.05) is 5.70 Å². The molecule has 2 rings (SSSR count). The SMILES string of the molecule is CCOC(=O)C1=C(C)NC(C#N)=C(C(=O)OCC)C1c1ccccc1C(=O)OC. The van der Waals surface area contributed by atoms with Crippen molar-refractivity contribution >= 4 is 17.9 Å². The van der Waals surface area contributed by atoms with E-state index in [1.54, 1.807) is 39.0 Å². The number of nitriles is 1. The molecular weight excluding hydrogens is 376 g/mol. The van der Waals surface area contributed by atoms with Gasteiger partial charge in [-0.1, -0.05) is 18.2 Å². The molecule has 1 aliphatic heterocycles. The number of esters is 3. The minimum absolute atomic E-state index is 0.0568. The first kappa shape index (κ1) is 21.7. The van der Waals surface area contributed by atoms with E-state index >= 15 is 0 Å². The summed E-state index contributed by atoms with van der Waals surface area (Å²) in [6.07, 6.45) is 0. The van der Waals surface area contributed by atoms with Crippen LogP contribution in [0.25, 0.3) is 0 Å². The minimum Gasteiger partial charge on any atom is -0.465 e. The number of dihydropyridines is 1. The Labute approximate surface area is 168 Å². The fourth-order valence-electron chi connectivity index (χ4n) is 3.18. The number of hydrogen-bond donors (Lipinski definition) is 1. The highest BCUT2D eigenvalue weighted by atomic mass is 16.5. The maximum atomic E-state index is 12.8. The van der Waals surface area contributed by atoms with E-state index in [1.807, 2.05) is 6.07 Å². The zero-order valence-corrected chi connectivity index (χ0v) is 16.7. The van der Waals surface area contributed by atoms with Crippen LogP contribution in [0, 0.1) is 11.3 Å². The number of allylic oxidation sites excluding steroid dienone is 2. The monoisotopic (exact) mass is 398 g/mol. The highest BCUT2D eigenvalue weighted by Gasteiger charge is 2.40. The van der Waals surface area contributed by atoms with Crippen molar-refractivity contribution in [3.05, 3.63) is 57.9 Å². The lowest BCUT2D eigenvalue weighted by molar-refractivity contribution is -0.139. The molecule has 8 heteroatoms. The summed E-state index contributed by atoms with van der Waals surface area (Å²) < 4.78 is 15.2. The van der Waals surface area contributed by atoms with Crippen LogP contribution in [0.5, 0.6) is 0 Å². The van der Waals surface area contributed by atoms with Gasteiger partial charge in [0.15, 0.2) is 0 Å². The molecule has 0 bridgehead atoms. The average Bonchev–Trinajstić information content (AvgIpc) is 2.72. The van der Waals surface area contributed by atoms with Crippen LogP contribution in [0.15, 0.2) is 46.8 Å². The third-order valence-electron chi connectivity index (χ3n) is 4.34. The van der Waals surface area contributed by atoms with Crippen molar-refractivity contribution in [2.75, 3.05) is 20.3 Å². The molecule has 0 saturated carbocycles. The quantitative estimate of drug-likeness (QED) is 0.574. The Bertz CT molecular complexity index is 939. The third-order valence-corrected chi connectivity index (χ3v) is 4.34. The first-order valence-electron chi connectivity index (χ1n) is 9.04. The number of nitrogens with one attached hydrogen (secondary N) is 1. The second-order valence-electron chi connectivity index (χ2n) is 6.02. The molecule has 8 nitrogen and oxygen atoms in total. The van der Waals surface area contributed by atoms with Gasteiger partial charge in [0.25, 0.3) is 0 Å². The molecule has 29 heavy (non-hydrogen) atoms. The number of methoxy groups -OCH3 is 1. The summed E-state index contributed by atoms with van der Waals surface area (Å²) in [5.74, 6) is -3.11. The molecule has 0 fully saturated rings. The fraction of sp³-hybridized carbons (Fsp3) is 0.333. The second-order valence-corrected chi connectivity index (χ2v) is 6.02. The van der Waals surface area contributed by atoms with Crippen molar-refractivity contribution in [2.24, 2.45) is 0 Å². The van der Waals surface area contributed by atoms with Crippen molar-refractivity contribution < 1.29 is 28.6 Å². The smallest absolute Gasteiger partial charge is 0.338 e. The normalized spacial score (nSPS) is 15.9. The summed E-state index contributed by atoms with van der Waals surface area (Å²) in [6, 6.07) is 8.37. The van der Waals surface area contributed by atoms with E-state index in [2.05, 4.69) is 5.32 Å². The predicted molar refractivity (Wildman–Crippen MR) is 102 cm³/mol. The highest BCUT2D eigenvalue weighted by molar-refractivity contribution is 6.02. The summed E-state index contributed by atoms with van der Waals surface area (Å²) in [6.45, 7) is 5.07. The molecule has 0 aromatic heterocycles. The number of nitrogens with zero attached hydrogens (tertiary/aromatic N) is 1. The van der Waals surface area contributed by atoms with Gasteiger partial charge in [-0.05, 0) is 32.4 Å². The standard InChI is InChI=1S/C21H22N2O6/c1-5-28-20(25)16-12(3)23-15(11-22)18(21(26)29-6-2)17(16)13-9-7-8-10-14(13)19(24)27-4/h7-10,17,23H,5-6H2,1-4H3. The molecule has 1 unspecified atom stereocenters. The molecule has 1 aliphatic rings. The highest BCUT2D eigenvalue weighted by Crippen LogP contribution is 2.40. The molecule has 1 heterocycles. The number of rotatable bonds is 6. The van der Waals surface area contributed by atoms with Gasteiger partial charge >= 0.3 is 17.9 Å². The number of carbonyl (C=O) groups is 3. The molecular formula is C21H22N2O6. The zero-order chi connectivity index (χ0) is 21.6. The molecule has 0 spiro atoms. The lowest BCUT2D eigenvalue weighted by atomic mass is 9.78. The third kappa shape index (κ3) is 4.29. The van der Waals surface area contributed by atoms with Crippen LogP contribution in [-0.2, 0) is 23.8 Å². The summed E-state index contributed by atoms with van der Waals surface area (Å²) in [4.78, 5) is 37.9. The fourth-order valence-corrected chi connectivity index (χ4v) is 3.18. The van der Waals surface area contributed by atoms with Crippen LogP contribution in [-0.4, -0.2) is 38.2 Å². The van der Waals surface area contributed by atoms with E-state index in [9.17, 15) is 19.6 Å². The molecule has 0 aliphatic carbocycles. The van der Waals surface area contributed by atoms with Crippen LogP contribution in [0.1, 0.15) is 42.6 Å². The molecule has 1 aromatic rings. The van der Waals surface area contributed by atoms with Crippen LogP contribution in [0.4, 0.5) is 0 Å². The van der Waals surface area contributed by atoms with Crippen molar-refractivity contribution in [1.82, 2.24) is 5.32 Å². The molecule has 0 amide bonds. The van der Waals surface area contributed by atoms with E-state index in [0.29, 0.717) is 11.3 Å². The van der Waals surface area contributed by atoms with Gasteiger partial charge in [-0.15, -0.1) is 0 Å². The van der Waals surface area contributed by atoms with Crippen LogP contribution < -0.4 is 5.32 Å². The van der Waals surface area contributed by atoms with E-state index in [4.69, 9.17) is 14.2 Å². The number of hydrogen-bond acceptors (Lipinski definition) is 8. The zero-order valence-electron chi connectivity index (χ0n) is 16.7. The van der Waals surface area contributed by atoms with E-state index in [1.165, 1.54) is 13.2 Å². The van der Waals surface area contributed by atoms with Gasteiger partial charge in [0.05, 0.1) is 43.0 Å². The first-order chi connectivity index (χ1) is 13.9. The van der Waals surface area contributed by atoms with Gasteiger partial charge in [-0.25, -0.2) is 14.4 Å². The van der Waals surface area contributed by atoms with Gasteiger partial charge < -0.3 is 19.5 Å². The second kappa shape index (κ2) is 9.55. The van der Waals surface area contributed by atoms with Crippen LogP contribution >= 0.6 is 0 Å². The Hall–Kier alpha value is -3.60. The largest absolute Gasteiger partial charge is 0.465 e. The Kier molecular flexibility index (Phi) is 7.15. The molecule has 1 atom stereocenters. The molecule has 0 radical (unpaired) electrons. The lowest BCUT2D eigenvalue weighted by Gasteiger charge is -2.30. The van der Waals surface area contributed by atoms with Gasteiger partial charge in [0.2, 0.25) is 0 Å². The van der Waals surface area contributed by atoms with E-state index in [0.717, 1.165) is 0 Å². The predicted octanol–water partition coefficient (Wildman–Crippen LogP) is 2.34. The number of ether oxygens (including phenoxy) is 3.